The van der Waals surface area contributed by atoms with Crippen molar-refractivity contribution in [2.24, 2.45) is 11.8 Å². The Hall–Kier alpha value is -4.26. The fourth-order valence-electron chi connectivity index (χ4n) is 6.69. The van der Waals surface area contributed by atoms with Crippen molar-refractivity contribution in [3.8, 4) is 0 Å². The molecule has 3 aliphatic carbocycles. The Labute approximate surface area is 220 Å². The number of ether oxygens (including phenoxy) is 1. The summed E-state index contributed by atoms with van der Waals surface area (Å²) >= 11 is 0. The average molecular weight is 509 g/mol. The van der Waals surface area contributed by atoms with Gasteiger partial charge >= 0.3 is 5.97 Å². The molecule has 1 N–H and O–H groups in total. The lowest BCUT2D eigenvalue weighted by Gasteiger charge is -2.45. The van der Waals surface area contributed by atoms with Crippen LogP contribution in [-0.4, -0.2) is 41.2 Å². The largest absolute Gasteiger partial charge is 0.454 e. The smallest absolute Gasteiger partial charge is 0.329 e. The fraction of sp³-hybridized carbons (Fsp3) is 0.290. The molecule has 0 unspecified atom stereocenters. The monoisotopic (exact) mass is 508 g/mol. The maximum atomic E-state index is 13.8. The van der Waals surface area contributed by atoms with Crippen LogP contribution in [0.1, 0.15) is 52.1 Å². The van der Waals surface area contributed by atoms with E-state index in [9.17, 15) is 19.2 Å². The summed E-state index contributed by atoms with van der Waals surface area (Å²) in [6.45, 7) is 4.82. The number of hydrogen-bond donors (Lipinski definition) is 1. The highest BCUT2D eigenvalue weighted by atomic mass is 16.5. The molecule has 2 bridgehead atoms. The maximum Gasteiger partial charge on any atom is 0.329 e. The van der Waals surface area contributed by atoms with Crippen molar-refractivity contribution >= 4 is 29.4 Å². The molecule has 38 heavy (non-hydrogen) atoms. The van der Waals surface area contributed by atoms with Crippen LogP contribution >= 0.6 is 0 Å². The van der Waals surface area contributed by atoms with Gasteiger partial charge in [-0.3, -0.25) is 19.3 Å². The molecule has 1 aliphatic heterocycles. The topological polar surface area (TPSA) is 92.8 Å². The quantitative estimate of drug-likeness (QED) is 0.414. The molecule has 3 aromatic carbocycles. The minimum absolute atomic E-state index is 0.245. The van der Waals surface area contributed by atoms with Crippen LogP contribution in [0.3, 0.4) is 0 Å². The molecule has 7 heteroatoms. The molecule has 7 rings (SSSR count). The molecule has 7 nitrogen and oxygen atoms in total. The Morgan fingerprint density at radius 1 is 0.816 bits per heavy atom. The number of carbonyl (C=O) groups excluding carboxylic acids is 4. The Bertz CT molecular complexity index is 1380. The molecular formula is C31H28N2O5. The minimum Gasteiger partial charge on any atom is -0.454 e. The van der Waals surface area contributed by atoms with Crippen molar-refractivity contribution in [1.82, 2.24) is 4.90 Å². The first-order chi connectivity index (χ1) is 18.3. The van der Waals surface area contributed by atoms with E-state index in [1.165, 1.54) is 6.92 Å². The summed E-state index contributed by atoms with van der Waals surface area (Å²) in [5, 5.41) is 2.72. The van der Waals surface area contributed by atoms with Crippen LogP contribution in [0.5, 0.6) is 0 Å². The van der Waals surface area contributed by atoms with Crippen molar-refractivity contribution < 1.29 is 23.9 Å². The highest BCUT2D eigenvalue weighted by molar-refractivity contribution is 6.10. The predicted octanol–water partition coefficient (Wildman–Crippen LogP) is 4.07. The molecule has 0 aromatic heterocycles. The number of esters is 1. The lowest BCUT2D eigenvalue weighted by molar-refractivity contribution is -0.159. The summed E-state index contributed by atoms with van der Waals surface area (Å²) in [4.78, 5) is 54.0. The molecule has 0 radical (unpaired) electrons. The number of rotatable bonds is 5. The van der Waals surface area contributed by atoms with Gasteiger partial charge in [0.25, 0.3) is 5.91 Å². The van der Waals surface area contributed by atoms with Crippen LogP contribution in [0.4, 0.5) is 5.69 Å². The van der Waals surface area contributed by atoms with E-state index in [0.717, 1.165) is 38.3 Å². The molecule has 1 saturated heterocycles. The number of amides is 3. The number of hydrogen-bond acceptors (Lipinski definition) is 5. The van der Waals surface area contributed by atoms with Crippen molar-refractivity contribution in [1.29, 1.82) is 0 Å². The van der Waals surface area contributed by atoms with Gasteiger partial charge in [0.1, 0.15) is 6.04 Å². The normalized spacial score (nSPS) is 23.4. The van der Waals surface area contributed by atoms with E-state index in [2.05, 4.69) is 5.32 Å². The first kappa shape index (κ1) is 24.1. The Balaban J connectivity index is 1.21. The van der Waals surface area contributed by atoms with Gasteiger partial charge in [0.05, 0.1) is 11.8 Å². The zero-order valence-electron chi connectivity index (χ0n) is 21.4. The van der Waals surface area contributed by atoms with Crippen molar-refractivity contribution in [2.75, 3.05) is 11.9 Å². The summed E-state index contributed by atoms with van der Waals surface area (Å²) in [7, 11) is 0. The fourth-order valence-corrected chi connectivity index (χ4v) is 6.69. The second-order valence-corrected chi connectivity index (χ2v) is 10.5. The zero-order chi connectivity index (χ0) is 26.7. The van der Waals surface area contributed by atoms with E-state index in [1.807, 2.05) is 80.6 Å². The lowest BCUT2D eigenvalue weighted by atomic mass is 9.55. The first-order valence-corrected chi connectivity index (χ1v) is 12.9. The second-order valence-electron chi connectivity index (χ2n) is 10.5. The summed E-state index contributed by atoms with van der Waals surface area (Å²) < 4.78 is 5.26. The van der Waals surface area contributed by atoms with E-state index in [-0.39, 0.29) is 23.7 Å². The molecule has 1 heterocycles. The zero-order valence-corrected chi connectivity index (χ0v) is 21.4. The van der Waals surface area contributed by atoms with Crippen LogP contribution in [0.2, 0.25) is 0 Å². The number of anilines is 1. The molecule has 4 aliphatic rings. The van der Waals surface area contributed by atoms with Crippen LogP contribution in [-0.2, 0) is 23.9 Å². The van der Waals surface area contributed by atoms with Gasteiger partial charge in [-0.1, -0.05) is 54.6 Å². The molecule has 3 atom stereocenters. The Kier molecular flexibility index (Phi) is 5.67. The Morgan fingerprint density at radius 3 is 1.71 bits per heavy atom. The van der Waals surface area contributed by atoms with E-state index >= 15 is 0 Å². The summed E-state index contributed by atoms with van der Waals surface area (Å²) in [6, 6.07) is 20.5. The van der Waals surface area contributed by atoms with E-state index in [1.54, 1.807) is 0 Å². The Morgan fingerprint density at radius 2 is 1.26 bits per heavy atom. The van der Waals surface area contributed by atoms with Crippen molar-refractivity contribution in [3.63, 3.8) is 0 Å². The standard InChI is InChI=1S/C31H28N2O5/c1-16-12-17(2)14-19(13-16)32-24(34)15-38-31(37)18(3)33-29(35)27-25-20-8-4-5-9-21(20)26(28(27)30(33)36)23-11-7-6-10-22(23)25/h4-14,18,25-28H,15H2,1-3H3,(H,32,34)/t18-,25?,26?,27-,28-/m0/s1. The van der Waals surface area contributed by atoms with Crippen LogP contribution in [0, 0.1) is 25.7 Å². The summed E-state index contributed by atoms with van der Waals surface area (Å²) in [6.07, 6.45) is 0. The van der Waals surface area contributed by atoms with Crippen LogP contribution in [0.25, 0.3) is 0 Å². The number of nitrogens with zero attached hydrogens (tertiary/aromatic N) is 1. The third-order valence-electron chi connectivity index (χ3n) is 8.06. The van der Waals surface area contributed by atoms with Crippen molar-refractivity contribution in [2.45, 2.75) is 38.6 Å². The lowest BCUT2D eigenvalue weighted by Crippen LogP contribution is -2.45. The molecule has 3 amide bonds. The van der Waals surface area contributed by atoms with E-state index in [0.29, 0.717) is 5.69 Å². The number of imide groups is 1. The second kappa shape index (κ2) is 8.94. The first-order valence-electron chi connectivity index (χ1n) is 12.9. The van der Waals surface area contributed by atoms with E-state index in [4.69, 9.17) is 4.74 Å². The maximum absolute atomic E-state index is 13.8. The highest BCUT2D eigenvalue weighted by Crippen LogP contribution is 2.61. The SMILES string of the molecule is Cc1cc(C)cc(NC(=O)COC(=O)[C@H](C)N2C(=O)[C@H]3C4c5ccccc5C(c5ccccc54)[C@@H]3C2=O)c1. The van der Waals surface area contributed by atoms with Crippen LogP contribution in [0.15, 0.2) is 66.7 Å². The van der Waals surface area contributed by atoms with Gasteiger partial charge in [-0.25, -0.2) is 4.79 Å². The van der Waals surface area contributed by atoms with E-state index < -0.39 is 36.4 Å². The number of benzene rings is 3. The summed E-state index contributed by atoms with van der Waals surface area (Å²) in [5.74, 6) is -3.63. The van der Waals surface area contributed by atoms with Gasteiger partial charge in [-0.15, -0.1) is 0 Å². The van der Waals surface area contributed by atoms with Gasteiger partial charge in [-0.05, 0) is 66.3 Å². The highest BCUT2D eigenvalue weighted by Gasteiger charge is 2.62. The number of likely N-dealkylation sites (tertiary alicyclic amines) is 1. The molecule has 0 spiro atoms. The van der Waals surface area contributed by atoms with Crippen molar-refractivity contribution in [3.05, 3.63) is 100 Å². The number of nitrogens with one attached hydrogen (secondary N) is 1. The molecule has 3 aromatic rings. The van der Waals surface area contributed by atoms with Crippen LogP contribution < -0.4 is 5.32 Å². The number of carbonyl (C=O) groups is 4. The molecular weight excluding hydrogens is 480 g/mol. The van der Waals surface area contributed by atoms with Gasteiger partial charge in [-0.2, -0.15) is 0 Å². The van der Waals surface area contributed by atoms with Gasteiger partial charge in [0.15, 0.2) is 6.61 Å². The predicted molar refractivity (Wildman–Crippen MR) is 140 cm³/mol. The third kappa shape index (κ3) is 3.64. The molecule has 1 fully saturated rings. The van der Waals surface area contributed by atoms with Gasteiger partial charge in [0, 0.05) is 17.5 Å². The third-order valence-corrected chi connectivity index (χ3v) is 8.06. The molecule has 192 valence electrons. The summed E-state index contributed by atoms with van der Waals surface area (Å²) in [5.41, 5.74) is 6.88. The van der Waals surface area contributed by atoms with Gasteiger partial charge in [0.2, 0.25) is 11.8 Å². The number of aryl methyl sites for hydroxylation is 2. The van der Waals surface area contributed by atoms with Gasteiger partial charge < -0.3 is 10.1 Å². The molecule has 0 saturated carbocycles. The average Bonchev–Trinajstić information content (AvgIpc) is 3.16. The minimum atomic E-state index is -1.14.